The molecule has 0 N–H and O–H groups in total. The van der Waals surface area contributed by atoms with Crippen LogP contribution in [0.1, 0.15) is 10.5 Å². The Kier molecular flexibility index (Phi) is 5.69. The third-order valence-electron chi connectivity index (χ3n) is 2.93. The number of rotatable bonds is 4. The summed E-state index contributed by atoms with van der Waals surface area (Å²) >= 11 is 11.8. The molecule has 0 unspecified atom stereocenters. The van der Waals surface area contributed by atoms with Crippen molar-refractivity contribution in [1.29, 1.82) is 0 Å². The van der Waals surface area contributed by atoms with E-state index in [0.717, 1.165) is 19.2 Å². The van der Waals surface area contributed by atoms with Gasteiger partial charge in [0.05, 0.1) is 22.8 Å². The number of alkyl halides is 3. The Bertz CT molecular complexity index is 964. The lowest BCUT2D eigenvalue weighted by Gasteiger charge is -2.11. The minimum Gasteiger partial charge on any atom is -0.464 e. The Morgan fingerprint density at radius 1 is 1.12 bits per heavy atom. The fourth-order valence-corrected chi connectivity index (χ4v) is 2.66. The van der Waals surface area contributed by atoms with Gasteiger partial charge in [-0.2, -0.15) is 21.6 Å². The van der Waals surface area contributed by atoms with Crippen molar-refractivity contribution in [2.45, 2.75) is 5.51 Å². The Morgan fingerprint density at radius 3 is 2.31 bits per heavy atom. The highest BCUT2D eigenvalue weighted by molar-refractivity contribution is 7.88. The van der Waals surface area contributed by atoms with E-state index in [0.29, 0.717) is 0 Å². The van der Waals surface area contributed by atoms with Crippen LogP contribution in [-0.2, 0) is 14.9 Å². The summed E-state index contributed by atoms with van der Waals surface area (Å²) in [5.74, 6) is -1.44. The molecule has 0 aliphatic heterocycles. The van der Waals surface area contributed by atoms with Crippen molar-refractivity contribution in [2.24, 2.45) is 0 Å². The molecule has 2 aromatic rings. The molecular formula is C14H8Cl2F3NO5S. The number of hydrogen-bond donors (Lipinski definition) is 0. The first kappa shape index (κ1) is 20.3. The zero-order valence-electron chi connectivity index (χ0n) is 12.7. The average Bonchev–Trinajstić information content (AvgIpc) is 2.53. The van der Waals surface area contributed by atoms with E-state index in [-0.39, 0.29) is 27.0 Å². The molecule has 0 amide bonds. The van der Waals surface area contributed by atoms with Crippen LogP contribution in [0.4, 0.5) is 13.2 Å². The summed E-state index contributed by atoms with van der Waals surface area (Å²) in [6, 6.07) is 5.77. The van der Waals surface area contributed by atoms with E-state index in [1.807, 2.05) is 0 Å². The number of carbonyl (C=O) groups is 1. The summed E-state index contributed by atoms with van der Waals surface area (Å²) in [5.41, 5.74) is -5.41. The van der Waals surface area contributed by atoms with Crippen LogP contribution in [0.3, 0.4) is 0 Å². The van der Waals surface area contributed by atoms with Crippen LogP contribution in [0.15, 0.2) is 30.3 Å². The number of nitrogens with zero attached hydrogens (tertiary/aromatic N) is 1. The van der Waals surface area contributed by atoms with Crippen LogP contribution in [0.5, 0.6) is 5.75 Å². The first-order chi connectivity index (χ1) is 12.0. The number of halogens is 5. The SMILES string of the molecule is COC(=O)c1nc(-c2ccc(OS(=O)(=O)C(F)(F)F)cc2Cl)ccc1Cl. The second-order valence-corrected chi connectivity index (χ2v) is 7.00. The van der Waals surface area contributed by atoms with Gasteiger partial charge in [-0.15, -0.1) is 0 Å². The summed E-state index contributed by atoms with van der Waals surface area (Å²) in [4.78, 5) is 15.6. The third kappa shape index (κ3) is 4.19. The van der Waals surface area contributed by atoms with Crippen molar-refractivity contribution in [1.82, 2.24) is 4.98 Å². The van der Waals surface area contributed by atoms with Gasteiger partial charge in [-0.1, -0.05) is 23.2 Å². The number of carbonyl (C=O) groups excluding carboxylic acids is 1. The maximum atomic E-state index is 12.3. The first-order valence-electron chi connectivity index (χ1n) is 6.52. The van der Waals surface area contributed by atoms with Crippen LogP contribution in [0.25, 0.3) is 11.3 Å². The van der Waals surface area contributed by atoms with Gasteiger partial charge in [0.15, 0.2) is 5.69 Å². The fraction of sp³-hybridized carbons (Fsp3) is 0.143. The molecule has 0 bridgehead atoms. The van der Waals surface area contributed by atoms with Crippen molar-refractivity contribution in [3.8, 4) is 17.0 Å². The van der Waals surface area contributed by atoms with Crippen LogP contribution in [0, 0.1) is 0 Å². The highest BCUT2D eigenvalue weighted by Gasteiger charge is 2.48. The molecular weight excluding hydrogens is 422 g/mol. The Balaban J connectivity index is 2.41. The first-order valence-corrected chi connectivity index (χ1v) is 8.68. The second kappa shape index (κ2) is 7.29. The number of benzene rings is 1. The largest absolute Gasteiger partial charge is 0.534 e. The highest BCUT2D eigenvalue weighted by atomic mass is 35.5. The summed E-state index contributed by atoms with van der Waals surface area (Å²) in [7, 11) is -4.69. The molecule has 0 radical (unpaired) electrons. The quantitative estimate of drug-likeness (QED) is 0.413. The van der Waals surface area contributed by atoms with Crippen LogP contribution < -0.4 is 4.18 Å². The van der Waals surface area contributed by atoms with E-state index in [1.165, 1.54) is 18.2 Å². The average molecular weight is 430 g/mol. The molecule has 140 valence electrons. The lowest BCUT2D eigenvalue weighted by atomic mass is 10.1. The predicted octanol–water partition coefficient (Wildman–Crippen LogP) is 4.07. The summed E-state index contributed by atoms with van der Waals surface area (Å²) in [6.45, 7) is 0. The van der Waals surface area contributed by atoms with E-state index in [2.05, 4.69) is 13.9 Å². The van der Waals surface area contributed by atoms with Crippen molar-refractivity contribution >= 4 is 39.3 Å². The molecule has 1 aromatic carbocycles. The second-order valence-electron chi connectivity index (χ2n) is 4.64. The Hall–Kier alpha value is -2.04. The van der Waals surface area contributed by atoms with E-state index in [9.17, 15) is 26.4 Å². The molecule has 0 spiro atoms. The molecule has 26 heavy (non-hydrogen) atoms. The molecule has 0 saturated heterocycles. The molecule has 12 heteroatoms. The normalized spacial score (nSPS) is 11.9. The van der Waals surface area contributed by atoms with Crippen molar-refractivity contribution < 1.29 is 35.3 Å². The minimum atomic E-state index is -5.82. The molecule has 0 aliphatic rings. The number of pyridine rings is 1. The summed E-state index contributed by atoms with van der Waals surface area (Å²) in [6.07, 6.45) is 0. The van der Waals surface area contributed by atoms with Gasteiger partial charge in [0.25, 0.3) is 0 Å². The maximum absolute atomic E-state index is 12.3. The number of hydrogen-bond acceptors (Lipinski definition) is 6. The summed E-state index contributed by atoms with van der Waals surface area (Å²) < 4.78 is 67.6. The molecule has 1 heterocycles. The minimum absolute atomic E-state index is 0.0212. The Morgan fingerprint density at radius 2 is 1.77 bits per heavy atom. The number of methoxy groups -OCH3 is 1. The van der Waals surface area contributed by atoms with Crippen molar-refractivity contribution in [3.05, 3.63) is 46.1 Å². The monoisotopic (exact) mass is 429 g/mol. The molecule has 0 aliphatic carbocycles. The molecule has 6 nitrogen and oxygen atoms in total. The predicted molar refractivity (Wildman–Crippen MR) is 86.6 cm³/mol. The van der Waals surface area contributed by atoms with Crippen LogP contribution in [-0.4, -0.2) is 32.0 Å². The smallest absolute Gasteiger partial charge is 0.464 e. The van der Waals surface area contributed by atoms with E-state index < -0.39 is 27.3 Å². The van der Waals surface area contributed by atoms with Gasteiger partial charge in [-0.05, 0) is 24.3 Å². The molecule has 0 saturated carbocycles. The van der Waals surface area contributed by atoms with Crippen LogP contribution in [0.2, 0.25) is 10.0 Å². The van der Waals surface area contributed by atoms with Gasteiger partial charge in [-0.25, -0.2) is 9.78 Å². The van der Waals surface area contributed by atoms with Gasteiger partial charge in [0.2, 0.25) is 0 Å². The molecule has 0 fully saturated rings. The van der Waals surface area contributed by atoms with Gasteiger partial charge in [-0.3, -0.25) is 0 Å². The number of esters is 1. The van der Waals surface area contributed by atoms with Crippen molar-refractivity contribution in [2.75, 3.05) is 7.11 Å². The zero-order chi connectivity index (χ0) is 19.7. The topological polar surface area (TPSA) is 82.6 Å². The van der Waals surface area contributed by atoms with Gasteiger partial charge >= 0.3 is 21.6 Å². The lowest BCUT2D eigenvalue weighted by Crippen LogP contribution is -2.28. The van der Waals surface area contributed by atoms with Crippen LogP contribution >= 0.6 is 23.2 Å². The van der Waals surface area contributed by atoms with E-state index >= 15 is 0 Å². The van der Waals surface area contributed by atoms with Gasteiger partial charge < -0.3 is 8.92 Å². The number of ether oxygens (including phenoxy) is 1. The van der Waals surface area contributed by atoms with Gasteiger partial charge in [0.1, 0.15) is 5.75 Å². The Labute approximate surface area is 155 Å². The highest BCUT2D eigenvalue weighted by Crippen LogP contribution is 2.33. The zero-order valence-corrected chi connectivity index (χ0v) is 15.0. The maximum Gasteiger partial charge on any atom is 0.534 e. The standard InChI is InChI=1S/C14H8Cl2F3NO5S/c1-24-13(21)12-9(15)4-5-11(20-12)8-3-2-7(6-10(8)16)25-26(22,23)14(17,18)19/h2-6H,1H3. The van der Waals surface area contributed by atoms with Gasteiger partial charge in [0, 0.05) is 11.6 Å². The molecule has 0 atom stereocenters. The molecule has 1 aromatic heterocycles. The van der Waals surface area contributed by atoms with Crippen molar-refractivity contribution in [3.63, 3.8) is 0 Å². The van der Waals surface area contributed by atoms with E-state index in [4.69, 9.17) is 23.2 Å². The van der Waals surface area contributed by atoms with E-state index in [1.54, 1.807) is 0 Å². The lowest BCUT2D eigenvalue weighted by molar-refractivity contribution is -0.0500. The molecule has 2 rings (SSSR count). The number of aromatic nitrogens is 1. The third-order valence-corrected chi connectivity index (χ3v) is 4.53. The summed E-state index contributed by atoms with van der Waals surface area (Å²) in [5, 5.41) is -0.140. The fourth-order valence-electron chi connectivity index (χ4n) is 1.76.